The smallest absolute Gasteiger partial charge is 0.307 e. The van der Waals surface area contributed by atoms with Crippen LogP contribution in [0.4, 0.5) is 13.2 Å². The number of alkyl halides is 3. The number of nitrogens with one attached hydrogen (secondary N) is 1. The zero-order chi connectivity index (χ0) is 14.5. The molecule has 0 saturated carbocycles. The molecule has 1 unspecified atom stereocenters. The summed E-state index contributed by atoms with van der Waals surface area (Å²) >= 11 is 0. The quantitative estimate of drug-likeness (QED) is 0.858. The Hall–Kier alpha value is -1.07. The van der Waals surface area contributed by atoms with Crippen molar-refractivity contribution in [1.82, 2.24) is 10.2 Å². The monoisotopic (exact) mass is 274 g/mol. The van der Waals surface area contributed by atoms with Crippen molar-refractivity contribution in [2.45, 2.75) is 32.6 Å². The van der Waals surface area contributed by atoms with Gasteiger partial charge < -0.3 is 5.32 Å². The lowest BCUT2D eigenvalue weighted by Gasteiger charge is -2.26. The highest BCUT2D eigenvalue weighted by molar-refractivity contribution is 5.25. The second-order valence-corrected chi connectivity index (χ2v) is 4.94. The molecule has 0 saturated heterocycles. The number of hydrogen-bond donors (Lipinski definition) is 1. The van der Waals surface area contributed by atoms with Crippen molar-refractivity contribution < 1.29 is 13.2 Å². The Labute approximate surface area is 112 Å². The molecule has 0 aliphatic carbocycles. The van der Waals surface area contributed by atoms with Crippen LogP contribution in [0, 0.1) is 6.92 Å². The Bertz CT molecular complexity index is 391. The van der Waals surface area contributed by atoms with E-state index in [2.05, 4.69) is 5.32 Å². The first-order valence-corrected chi connectivity index (χ1v) is 6.32. The van der Waals surface area contributed by atoms with Crippen molar-refractivity contribution >= 4 is 0 Å². The molecular weight excluding hydrogens is 253 g/mol. The van der Waals surface area contributed by atoms with E-state index >= 15 is 0 Å². The summed E-state index contributed by atoms with van der Waals surface area (Å²) in [5.41, 5.74) is 2.40. The van der Waals surface area contributed by atoms with Crippen molar-refractivity contribution in [2.75, 3.05) is 20.1 Å². The minimum atomic E-state index is -4.14. The van der Waals surface area contributed by atoms with E-state index in [-0.39, 0.29) is 6.04 Å². The van der Waals surface area contributed by atoms with Gasteiger partial charge in [-0.2, -0.15) is 13.2 Å². The molecule has 1 rings (SSSR count). The van der Waals surface area contributed by atoms with Crippen molar-refractivity contribution in [3.63, 3.8) is 0 Å². The van der Waals surface area contributed by atoms with E-state index in [0.29, 0.717) is 6.54 Å². The first-order chi connectivity index (χ1) is 8.79. The van der Waals surface area contributed by atoms with Crippen molar-refractivity contribution in [3.8, 4) is 0 Å². The van der Waals surface area contributed by atoms with Crippen LogP contribution < -0.4 is 5.32 Å². The van der Waals surface area contributed by atoms with Gasteiger partial charge in [0.15, 0.2) is 0 Å². The lowest BCUT2D eigenvalue weighted by Crippen LogP contribution is -2.40. The number of halogens is 3. The molecule has 0 aromatic heterocycles. The third-order valence-corrected chi connectivity index (χ3v) is 3.20. The van der Waals surface area contributed by atoms with E-state index in [0.717, 1.165) is 6.54 Å². The van der Waals surface area contributed by atoms with Gasteiger partial charge >= 0.3 is 6.18 Å². The summed E-state index contributed by atoms with van der Waals surface area (Å²) in [6, 6.07) is 8.08. The number of aryl methyl sites for hydroxylation is 1. The second-order valence-electron chi connectivity index (χ2n) is 4.94. The average Bonchev–Trinajstić information content (AvgIpc) is 2.30. The molecule has 0 bridgehead atoms. The van der Waals surface area contributed by atoms with Gasteiger partial charge in [0.05, 0.1) is 6.54 Å². The highest BCUT2D eigenvalue weighted by Crippen LogP contribution is 2.13. The molecule has 0 aliphatic rings. The van der Waals surface area contributed by atoms with Crippen LogP contribution in [0.1, 0.15) is 18.1 Å². The zero-order valence-electron chi connectivity index (χ0n) is 11.6. The molecular formula is C14H21F3N2. The van der Waals surface area contributed by atoms with E-state index in [1.165, 1.54) is 11.1 Å². The fourth-order valence-electron chi connectivity index (χ4n) is 1.79. The Morgan fingerprint density at radius 2 is 1.89 bits per heavy atom. The van der Waals surface area contributed by atoms with E-state index in [1.54, 1.807) is 0 Å². The van der Waals surface area contributed by atoms with Gasteiger partial charge in [-0.25, -0.2) is 0 Å². The third kappa shape index (κ3) is 6.07. The number of likely N-dealkylation sites (N-methyl/N-ethyl adjacent to an activating group) is 1. The normalized spacial score (nSPS) is 13.8. The van der Waals surface area contributed by atoms with Crippen LogP contribution in [-0.2, 0) is 6.54 Å². The second kappa shape index (κ2) is 6.91. The predicted octanol–water partition coefficient (Wildman–Crippen LogP) is 2.97. The lowest BCUT2D eigenvalue weighted by atomic mass is 10.1. The molecule has 1 aromatic carbocycles. The van der Waals surface area contributed by atoms with Crippen LogP contribution >= 0.6 is 0 Å². The molecule has 5 heteroatoms. The van der Waals surface area contributed by atoms with E-state index < -0.39 is 12.7 Å². The maximum atomic E-state index is 12.0. The number of nitrogens with zero attached hydrogens (tertiary/aromatic N) is 1. The molecule has 0 spiro atoms. The van der Waals surface area contributed by atoms with Crippen LogP contribution in [-0.4, -0.2) is 37.3 Å². The maximum absolute atomic E-state index is 12.0. The van der Waals surface area contributed by atoms with Gasteiger partial charge in [0.25, 0.3) is 0 Å². The van der Waals surface area contributed by atoms with Gasteiger partial charge in [-0.3, -0.25) is 4.90 Å². The summed E-state index contributed by atoms with van der Waals surface area (Å²) in [6.07, 6.45) is -4.14. The van der Waals surface area contributed by atoms with Crippen LogP contribution in [0.2, 0.25) is 0 Å². The molecule has 0 heterocycles. The van der Waals surface area contributed by atoms with E-state index in [1.807, 2.05) is 50.1 Å². The molecule has 1 N–H and O–H groups in total. The molecule has 0 fully saturated rings. The van der Waals surface area contributed by atoms with Crippen molar-refractivity contribution in [2.24, 2.45) is 0 Å². The summed E-state index contributed by atoms with van der Waals surface area (Å²) in [5, 5.41) is 2.44. The number of rotatable bonds is 6. The van der Waals surface area contributed by atoms with Crippen molar-refractivity contribution in [1.29, 1.82) is 0 Å². The molecule has 108 valence electrons. The largest absolute Gasteiger partial charge is 0.401 e. The van der Waals surface area contributed by atoms with Crippen LogP contribution in [0.25, 0.3) is 0 Å². The molecule has 19 heavy (non-hydrogen) atoms. The summed E-state index contributed by atoms with van der Waals surface area (Å²) in [5.74, 6) is 0. The maximum Gasteiger partial charge on any atom is 0.401 e. The lowest BCUT2D eigenvalue weighted by molar-refractivity contribution is -0.125. The first kappa shape index (κ1) is 16.0. The molecule has 0 aliphatic heterocycles. The third-order valence-electron chi connectivity index (χ3n) is 3.20. The molecule has 2 nitrogen and oxygen atoms in total. The minimum Gasteiger partial charge on any atom is -0.307 e. The zero-order valence-corrected chi connectivity index (χ0v) is 11.6. The number of hydrogen-bond acceptors (Lipinski definition) is 2. The standard InChI is InChI=1S/C14H21F3N2/c1-11-6-4-5-7-13(11)9-19(3)12(2)8-18-10-14(15,16)17/h4-7,12,18H,8-10H2,1-3H3. The summed E-state index contributed by atoms with van der Waals surface area (Å²) in [4.78, 5) is 2.05. The van der Waals surface area contributed by atoms with Crippen LogP contribution in [0.5, 0.6) is 0 Å². The fourth-order valence-corrected chi connectivity index (χ4v) is 1.79. The van der Waals surface area contributed by atoms with Gasteiger partial charge in [-0.1, -0.05) is 24.3 Å². The molecule has 1 aromatic rings. The van der Waals surface area contributed by atoms with Gasteiger partial charge in [0.2, 0.25) is 0 Å². The predicted molar refractivity (Wildman–Crippen MR) is 71.0 cm³/mol. The Morgan fingerprint density at radius 3 is 2.47 bits per heavy atom. The highest BCUT2D eigenvalue weighted by atomic mass is 19.4. The summed E-state index contributed by atoms with van der Waals surface area (Å²) < 4.78 is 36.1. The topological polar surface area (TPSA) is 15.3 Å². The van der Waals surface area contributed by atoms with Gasteiger partial charge in [-0.15, -0.1) is 0 Å². The van der Waals surface area contributed by atoms with Crippen LogP contribution in [0.15, 0.2) is 24.3 Å². The Kier molecular flexibility index (Phi) is 5.82. The van der Waals surface area contributed by atoms with E-state index in [4.69, 9.17) is 0 Å². The molecule has 0 amide bonds. The highest BCUT2D eigenvalue weighted by Gasteiger charge is 2.26. The summed E-state index contributed by atoms with van der Waals surface area (Å²) in [7, 11) is 1.92. The van der Waals surface area contributed by atoms with Gasteiger partial charge in [0, 0.05) is 19.1 Å². The Balaban J connectivity index is 2.41. The van der Waals surface area contributed by atoms with Crippen molar-refractivity contribution in [3.05, 3.63) is 35.4 Å². The van der Waals surface area contributed by atoms with Gasteiger partial charge in [-0.05, 0) is 32.0 Å². The van der Waals surface area contributed by atoms with Crippen LogP contribution in [0.3, 0.4) is 0 Å². The fraction of sp³-hybridized carbons (Fsp3) is 0.571. The Morgan fingerprint density at radius 1 is 1.26 bits per heavy atom. The van der Waals surface area contributed by atoms with Gasteiger partial charge in [0.1, 0.15) is 0 Å². The number of benzene rings is 1. The average molecular weight is 274 g/mol. The van der Waals surface area contributed by atoms with E-state index in [9.17, 15) is 13.2 Å². The molecule has 0 radical (unpaired) electrons. The first-order valence-electron chi connectivity index (χ1n) is 6.32. The summed E-state index contributed by atoms with van der Waals surface area (Å²) in [6.45, 7) is 4.08. The SMILES string of the molecule is Cc1ccccc1CN(C)C(C)CNCC(F)(F)F. The molecule has 1 atom stereocenters. The minimum absolute atomic E-state index is 0.0435.